The van der Waals surface area contributed by atoms with Gasteiger partial charge >= 0.3 is 204 Å². The van der Waals surface area contributed by atoms with Crippen molar-refractivity contribution in [3.05, 3.63) is 68.9 Å². The van der Waals surface area contributed by atoms with Crippen LogP contribution in [-0.2, 0) is 18.2 Å². The Morgan fingerprint density at radius 3 is 2.72 bits per heavy atom. The van der Waals surface area contributed by atoms with Crippen LogP contribution in [0.25, 0.3) is 10.9 Å². The quantitative estimate of drug-likeness (QED) is 0.356. The number of nitrogens with zero attached hydrogens (tertiary/aromatic N) is 3. The predicted octanol–water partition coefficient (Wildman–Crippen LogP) is 1.22. The molecule has 7 heteroatoms. The summed E-state index contributed by atoms with van der Waals surface area (Å²) in [6, 6.07) is 12.2. The fourth-order valence-electron chi connectivity index (χ4n) is 4.58. The van der Waals surface area contributed by atoms with Gasteiger partial charge in [0, 0.05) is 0 Å². The van der Waals surface area contributed by atoms with Gasteiger partial charge in [-0.1, -0.05) is 0 Å². The number of aryl methyl sites for hydroxylation is 2. The van der Waals surface area contributed by atoms with Gasteiger partial charge in [0.25, 0.3) is 0 Å². The van der Waals surface area contributed by atoms with Crippen LogP contribution in [0.3, 0.4) is 0 Å². The number of amides is 1. The van der Waals surface area contributed by atoms with Crippen LogP contribution in [0.2, 0.25) is 5.02 Å². The van der Waals surface area contributed by atoms with Crippen LogP contribution in [0, 0.1) is 18.3 Å². The van der Waals surface area contributed by atoms with Crippen molar-refractivity contribution in [2.75, 3.05) is 30.7 Å². The van der Waals surface area contributed by atoms with Crippen molar-refractivity contribution in [1.29, 1.82) is 5.26 Å². The van der Waals surface area contributed by atoms with Crippen molar-refractivity contribution in [1.82, 2.24) is 9.47 Å². The van der Waals surface area contributed by atoms with Crippen molar-refractivity contribution in [3.8, 4) is 6.07 Å². The number of hydrogen-bond donors (Lipinski definition) is 0. The number of carbonyl (C=O) groups excluding carboxylic acids is 1. The number of rotatable bonds is 4. The third-order valence-corrected chi connectivity index (χ3v) is 9.26. The summed E-state index contributed by atoms with van der Waals surface area (Å²) in [6.07, 6.45) is 0.672. The fourth-order valence-corrected chi connectivity index (χ4v) is 6.65. The van der Waals surface area contributed by atoms with Gasteiger partial charge in [0.15, 0.2) is 0 Å². The number of hydrogen-bond acceptors (Lipinski definition) is 3. The second-order valence-corrected chi connectivity index (χ2v) is 12.0. The van der Waals surface area contributed by atoms with Crippen LogP contribution in [-0.4, -0.2) is 46.1 Å². The number of ether oxygens (including phenoxy) is 1. The number of aromatic nitrogens is 1. The molecule has 3 heterocycles. The first-order valence-corrected chi connectivity index (χ1v) is 13.9. The molecular weight excluding hydrogens is 537 g/mol. The van der Waals surface area contributed by atoms with Crippen molar-refractivity contribution in [2.45, 2.75) is 17.3 Å². The first-order chi connectivity index (χ1) is 15.5. The Morgan fingerprint density at radius 2 is 2.03 bits per heavy atom. The van der Waals surface area contributed by atoms with Gasteiger partial charge in [-0.2, -0.15) is 0 Å². The Labute approximate surface area is 203 Å². The number of carbonyl (C=O) groups is 1. The number of benzene rings is 2. The van der Waals surface area contributed by atoms with E-state index in [2.05, 4.69) is 23.8 Å². The van der Waals surface area contributed by atoms with Crippen LogP contribution in [0.15, 0.2) is 30.3 Å². The second-order valence-electron chi connectivity index (χ2n) is 8.32. The number of fused-ring (bicyclic) bond motifs is 1. The minimum atomic E-state index is 0.0919. The molecule has 2 saturated heterocycles. The zero-order valence-corrected chi connectivity index (χ0v) is 21.0. The van der Waals surface area contributed by atoms with Gasteiger partial charge in [0.1, 0.15) is 0 Å². The van der Waals surface area contributed by atoms with Crippen LogP contribution >= 0.6 is 11.6 Å². The molecule has 0 N–H and O–H groups in total. The monoisotopic (exact) mass is 560 g/mol. The Morgan fingerprint density at radius 1 is 1.28 bits per heavy atom. The van der Waals surface area contributed by atoms with E-state index in [-0.39, 0.29) is 27.1 Å². The Bertz CT molecular complexity index is 1270. The Kier molecular flexibility index (Phi) is 5.91. The van der Waals surface area contributed by atoms with E-state index in [9.17, 15) is 10.1 Å². The second kappa shape index (κ2) is 8.69. The summed E-state index contributed by atoms with van der Waals surface area (Å²) in [6.45, 7) is 4.47. The van der Waals surface area contributed by atoms with Gasteiger partial charge in [-0.05, 0) is 0 Å². The molecule has 1 aromatic heterocycles. The van der Waals surface area contributed by atoms with Crippen molar-refractivity contribution < 1.29 is 30.7 Å². The molecule has 2 fully saturated rings. The zero-order valence-electron chi connectivity index (χ0n) is 18.1. The summed E-state index contributed by atoms with van der Waals surface area (Å²) in [5, 5.41) is 11.2. The summed E-state index contributed by atoms with van der Waals surface area (Å²) in [4.78, 5) is 15.3. The van der Waals surface area contributed by atoms with Gasteiger partial charge in [-0.25, -0.2) is 0 Å². The number of halogens is 2. The van der Waals surface area contributed by atoms with E-state index in [1.807, 2.05) is 36.1 Å². The Hall–Kier alpha value is -2.08. The molecule has 2 aliphatic heterocycles. The maximum absolute atomic E-state index is 13.4. The summed E-state index contributed by atoms with van der Waals surface area (Å²) >= 11 is 6.85. The summed E-state index contributed by atoms with van der Waals surface area (Å²) < 4.78 is 9.32. The fraction of sp³-hybridized carbons (Fsp3) is 0.360. The van der Waals surface area contributed by atoms with E-state index in [1.165, 1.54) is 9.99 Å². The maximum atomic E-state index is 13.4. The van der Waals surface area contributed by atoms with Gasteiger partial charge in [0.05, 0.1) is 0 Å². The van der Waals surface area contributed by atoms with Crippen molar-refractivity contribution in [3.63, 3.8) is 0 Å². The van der Waals surface area contributed by atoms with E-state index in [0.717, 1.165) is 38.3 Å². The third kappa shape index (κ3) is 3.81. The molecule has 0 radical (unpaired) electrons. The summed E-state index contributed by atoms with van der Waals surface area (Å²) in [7, 11) is 2.06. The zero-order chi connectivity index (χ0) is 22.4. The molecular formula is C25H24ClIN3O2-. The normalized spacial score (nSPS) is 18.3. The van der Waals surface area contributed by atoms with Crippen molar-refractivity contribution >= 4 is 28.4 Å². The average molecular weight is 561 g/mol. The molecule has 1 atom stereocenters. The van der Waals surface area contributed by atoms with Crippen molar-refractivity contribution in [2.24, 2.45) is 7.05 Å². The molecule has 32 heavy (non-hydrogen) atoms. The molecule has 166 valence electrons. The van der Waals surface area contributed by atoms with Gasteiger partial charge < -0.3 is 0 Å². The number of nitriles is 1. The topological polar surface area (TPSA) is 58.3 Å². The van der Waals surface area contributed by atoms with Gasteiger partial charge in [-0.15, -0.1) is 0 Å². The van der Waals surface area contributed by atoms with Crippen LogP contribution in [0.4, 0.5) is 0 Å². The molecule has 0 bridgehead atoms. The molecule has 2 aliphatic rings. The first kappa shape index (κ1) is 21.7. The molecule has 3 aromatic rings. The Balaban J connectivity index is 1.58. The minimum absolute atomic E-state index is 0.0919. The SMILES string of the molecule is Cc1c(C#N)ccc2c1cc(Cc1c(Cl)ccc(C(=O)N3CCOCC3)c1C1C[I-]1)n2C. The van der Waals surface area contributed by atoms with E-state index in [1.54, 1.807) is 0 Å². The molecule has 2 aromatic carbocycles. The molecule has 0 aliphatic carbocycles. The first-order valence-electron chi connectivity index (χ1n) is 10.7. The molecule has 1 unspecified atom stereocenters. The molecule has 5 nitrogen and oxygen atoms in total. The van der Waals surface area contributed by atoms with Crippen LogP contribution in [0.1, 0.15) is 42.2 Å². The molecule has 5 rings (SSSR count). The number of morpholine rings is 1. The molecule has 0 spiro atoms. The van der Waals surface area contributed by atoms with Gasteiger partial charge in [0.2, 0.25) is 0 Å². The van der Waals surface area contributed by atoms with Gasteiger partial charge in [-0.3, -0.25) is 0 Å². The van der Waals surface area contributed by atoms with Crippen LogP contribution < -0.4 is 21.2 Å². The molecule has 0 saturated carbocycles. The molecule has 1 amide bonds. The number of alkyl halides is 2. The van der Waals surface area contributed by atoms with E-state index in [0.29, 0.717) is 42.2 Å². The average Bonchev–Trinajstić information content (AvgIpc) is 3.60. The van der Waals surface area contributed by atoms with E-state index >= 15 is 0 Å². The van der Waals surface area contributed by atoms with Crippen LogP contribution in [0.5, 0.6) is 0 Å². The summed E-state index contributed by atoms with van der Waals surface area (Å²) in [5.41, 5.74) is 7.01. The van der Waals surface area contributed by atoms with E-state index < -0.39 is 0 Å². The van der Waals surface area contributed by atoms with E-state index in [4.69, 9.17) is 16.3 Å². The summed E-state index contributed by atoms with van der Waals surface area (Å²) in [5.74, 6) is 0.101. The standard InChI is InChI=1S/C25H24ClIN3O2/c1-15-16(14-28)3-6-23-19(15)11-17(29(23)2)12-20-21(26)5-4-18(24(20)22-13-27-22)25(31)30-7-9-32-10-8-30/h3-6,11,22H,7-10,12-13H2,1-2H3/q-1. The third-order valence-electron chi connectivity index (χ3n) is 6.52. The predicted molar refractivity (Wildman–Crippen MR) is 121 cm³/mol.